The van der Waals surface area contributed by atoms with Crippen molar-refractivity contribution in [3.63, 3.8) is 0 Å². The quantitative estimate of drug-likeness (QED) is 0.784. The van der Waals surface area contributed by atoms with Gasteiger partial charge in [-0.05, 0) is 12.8 Å². The van der Waals surface area contributed by atoms with Crippen LogP contribution in [0.2, 0.25) is 0 Å². The summed E-state index contributed by atoms with van der Waals surface area (Å²) in [6.45, 7) is 2.22. The van der Waals surface area contributed by atoms with Crippen molar-refractivity contribution in [3.8, 4) is 0 Å². The summed E-state index contributed by atoms with van der Waals surface area (Å²) in [5.41, 5.74) is 7.75. The van der Waals surface area contributed by atoms with Gasteiger partial charge in [0.1, 0.15) is 0 Å². The van der Waals surface area contributed by atoms with E-state index in [1.165, 1.54) is 31.4 Å². The van der Waals surface area contributed by atoms with E-state index in [9.17, 15) is 0 Å². The first kappa shape index (κ1) is 10.9. The molecule has 0 aliphatic rings. The molecule has 2 aromatic rings. The lowest BCUT2D eigenvalue weighted by molar-refractivity contribution is 0.658. The summed E-state index contributed by atoms with van der Waals surface area (Å²) in [5.74, 6) is 0.502. The van der Waals surface area contributed by atoms with Gasteiger partial charge in [-0.1, -0.05) is 26.2 Å². The summed E-state index contributed by atoms with van der Waals surface area (Å²) in [5, 5.41) is 0. The van der Waals surface area contributed by atoms with Crippen molar-refractivity contribution in [1.82, 2.24) is 14.4 Å². The van der Waals surface area contributed by atoms with E-state index in [2.05, 4.69) is 16.9 Å². The fourth-order valence-corrected chi connectivity index (χ4v) is 1.91. The second-order valence-corrected chi connectivity index (χ2v) is 4.07. The number of fused-ring (bicyclic) bond motifs is 1. The normalized spacial score (nSPS) is 11.1. The molecule has 16 heavy (non-hydrogen) atoms. The summed E-state index contributed by atoms with van der Waals surface area (Å²) in [6, 6.07) is 0. The molecule has 0 unspecified atom stereocenters. The van der Waals surface area contributed by atoms with Gasteiger partial charge < -0.3 is 5.73 Å². The Morgan fingerprint density at radius 2 is 2.12 bits per heavy atom. The molecule has 0 spiro atoms. The van der Waals surface area contributed by atoms with Gasteiger partial charge in [0.25, 0.3) is 0 Å². The van der Waals surface area contributed by atoms with E-state index in [1.54, 1.807) is 6.20 Å². The third kappa shape index (κ3) is 2.15. The van der Waals surface area contributed by atoms with E-state index >= 15 is 0 Å². The summed E-state index contributed by atoms with van der Waals surface area (Å²) < 4.78 is 2.04. The Kier molecular flexibility index (Phi) is 3.39. The number of imidazole rings is 1. The van der Waals surface area contributed by atoms with Gasteiger partial charge in [-0.3, -0.25) is 4.40 Å². The molecule has 0 aromatic carbocycles. The molecule has 0 aliphatic heterocycles. The van der Waals surface area contributed by atoms with Crippen molar-refractivity contribution in [2.45, 2.75) is 39.0 Å². The number of aromatic nitrogens is 3. The summed E-state index contributed by atoms with van der Waals surface area (Å²) in [6.07, 6.45) is 11.7. The maximum absolute atomic E-state index is 5.75. The molecule has 0 saturated carbocycles. The van der Waals surface area contributed by atoms with Gasteiger partial charge in [-0.15, -0.1) is 0 Å². The third-order valence-corrected chi connectivity index (χ3v) is 2.82. The van der Waals surface area contributed by atoms with Crippen molar-refractivity contribution in [2.24, 2.45) is 0 Å². The molecule has 4 nitrogen and oxygen atoms in total. The topological polar surface area (TPSA) is 56.2 Å². The van der Waals surface area contributed by atoms with E-state index < -0.39 is 0 Å². The summed E-state index contributed by atoms with van der Waals surface area (Å²) in [7, 11) is 0. The predicted octanol–water partition coefficient (Wildman–Crippen LogP) is 2.43. The van der Waals surface area contributed by atoms with Crippen LogP contribution in [-0.4, -0.2) is 14.4 Å². The molecule has 86 valence electrons. The van der Waals surface area contributed by atoms with E-state index in [0.29, 0.717) is 5.82 Å². The first-order chi connectivity index (χ1) is 7.83. The highest BCUT2D eigenvalue weighted by atomic mass is 15.1. The number of aryl methyl sites for hydroxylation is 1. The Morgan fingerprint density at radius 1 is 1.25 bits per heavy atom. The third-order valence-electron chi connectivity index (χ3n) is 2.82. The Morgan fingerprint density at radius 3 is 2.94 bits per heavy atom. The van der Waals surface area contributed by atoms with Crippen LogP contribution in [-0.2, 0) is 6.42 Å². The fraction of sp³-hybridized carbons (Fsp3) is 0.500. The van der Waals surface area contributed by atoms with E-state index in [-0.39, 0.29) is 0 Å². The number of nitrogens with zero attached hydrogens (tertiary/aromatic N) is 3. The van der Waals surface area contributed by atoms with Crippen molar-refractivity contribution >= 4 is 11.5 Å². The lowest BCUT2D eigenvalue weighted by Gasteiger charge is -2.02. The molecule has 0 radical (unpaired) electrons. The molecule has 2 aromatic heterocycles. The molecule has 0 aliphatic carbocycles. The van der Waals surface area contributed by atoms with E-state index in [4.69, 9.17) is 5.73 Å². The molecule has 4 heteroatoms. The van der Waals surface area contributed by atoms with Crippen molar-refractivity contribution in [3.05, 3.63) is 24.3 Å². The van der Waals surface area contributed by atoms with Crippen LogP contribution in [0.5, 0.6) is 0 Å². The molecule has 0 amide bonds. The molecule has 0 atom stereocenters. The lowest BCUT2D eigenvalue weighted by atomic mass is 10.1. The molecule has 2 N–H and O–H groups in total. The van der Waals surface area contributed by atoms with Gasteiger partial charge in [0.2, 0.25) is 0 Å². The Bertz CT molecular complexity index is 461. The molecule has 0 saturated heterocycles. The van der Waals surface area contributed by atoms with Gasteiger partial charge in [-0.2, -0.15) is 0 Å². The largest absolute Gasteiger partial charge is 0.381 e. The van der Waals surface area contributed by atoms with E-state index in [1.807, 2.05) is 16.8 Å². The summed E-state index contributed by atoms with van der Waals surface area (Å²) >= 11 is 0. The zero-order valence-corrected chi connectivity index (χ0v) is 9.69. The molecular weight excluding hydrogens is 200 g/mol. The average Bonchev–Trinajstić information content (AvgIpc) is 2.70. The number of anilines is 1. The number of nitrogens with two attached hydrogens (primary N) is 1. The monoisotopic (exact) mass is 218 g/mol. The van der Waals surface area contributed by atoms with Crippen molar-refractivity contribution in [2.75, 3.05) is 5.73 Å². The molecular formula is C12H18N4. The minimum absolute atomic E-state index is 0.502. The highest BCUT2D eigenvalue weighted by molar-refractivity contribution is 5.59. The van der Waals surface area contributed by atoms with Crippen LogP contribution in [0.4, 0.5) is 5.82 Å². The zero-order valence-electron chi connectivity index (χ0n) is 9.69. The van der Waals surface area contributed by atoms with Gasteiger partial charge in [0.15, 0.2) is 11.5 Å². The average molecular weight is 218 g/mol. The Labute approximate surface area is 95.5 Å². The van der Waals surface area contributed by atoms with Crippen LogP contribution in [0.1, 0.15) is 38.3 Å². The highest BCUT2D eigenvalue weighted by Gasteiger charge is 2.05. The fourth-order valence-electron chi connectivity index (χ4n) is 1.91. The molecule has 2 heterocycles. The standard InChI is InChI=1S/C12H18N4/c1-2-3-4-5-6-10-9-15-12-11(13)14-7-8-16(10)12/h7-9H,2-6H2,1H3,(H2,13,14). The maximum atomic E-state index is 5.75. The van der Waals surface area contributed by atoms with Gasteiger partial charge in [-0.25, -0.2) is 9.97 Å². The second-order valence-electron chi connectivity index (χ2n) is 4.07. The first-order valence-electron chi connectivity index (χ1n) is 5.89. The SMILES string of the molecule is CCCCCCc1cnc2c(N)nccn12. The minimum Gasteiger partial charge on any atom is -0.381 e. The number of hydrogen-bond acceptors (Lipinski definition) is 3. The van der Waals surface area contributed by atoms with Crippen molar-refractivity contribution < 1.29 is 0 Å². The first-order valence-corrected chi connectivity index (χ1v) is 5.89. The Balaban J connectivity index is 2.10. The van der Waals surface area contributed by atoms with Crippen LogP contribution < -0.4 is 5.73 Å². The summed E-state index contributed by atoms with van der Waals surface area (Å²) in [4.78, 5) is 8.32. The molecule has 0 bridgehead atoms. The van der Waals surface area contributed by atoms with Crippen LogP contribution in [0.25, 0.3) is 5.65 Å². The number of hydrogen-bond donors (Lipinski definition) is 1. The molecule has 0 fully saturated rings. The van der Waals surface area contributed by atoms with Crippen LogP contribution in [0.3, 0.4) is 0 Å². The maximum Gasteiger partial charge on any atom is 0.180 e. The number of nitrogen functional groups attached to an aromatic ring is 1. The predicted molar refractivity (Wildman–Crippen MR) is 65.2 cm³/mol. The number of rotatable bonds is 5. The minimum atomic E-state index is 0.502. The smallest absolute Gasteiger partial charge is 0.180 e. The second kappa shape index (κ2) is 4.96. The number of unbranched alkanes of at least 4 members (excludes halogenated alkanes) is 3. The zero-order chi connectivity index (χ0) is 11.4. The van der Waals surface area contributed by atoms with E-state index in [0.717, 1.165) is 12.1 Å². The van der Waals surface area contributed by atoms with Gasteiger partial charge >= 0.3 is 0 Å². The van der Waals surface area contributed by atoms with Crippen LogP contribution in [0.15, 0.2) is 18.6 Å². The highest BCUT2D eigenvalue weighted by Crippen LogP contribution is 2.13. The lowest BCUT2D eigenvalue weighted by Crippen LogP contribution is -1.98. The Hall–Kier alpha value is -1.58. The van der Waals surface area contributed by atoms with Crippen molar-refractivity contribution in [1.29, 1.82) is 0 Å². The molecule has 2 rings (SSSR count). The van der Waals surface area contributed by atoms with Gasteiger partial charge in [0, 0.05) is 24.3 Å². The van der Waals surface area contributed by atoms with Crippen LogP contribution in [0, 0.1) is 0 Å². The van der Waals surface area contributed by atoms with Gasteiger partial charge in [0.05, 0.1) is 0 Å². The van der Waals surface area contributed by atoms with Crippen LogP contribution >= 0.6 is 0 Å².